The first kappa shape index (κ1) is 10.4. The topological polar surface area (TPSA) is 38.3 Å². The monoisotopic (exact) mass is 193 g/mol. The summed E-state index contributed by atoms with van der Waals surface area (Å²) in [7, 11) is 0. The van der Waals surface area contributed by atoms with Crippen LogP contribution in [0.25, 0.3) is 0 Å². The number of alkyl halides is 2. The van der Waals surface area contributed by atoms with E-state index in [4.69, 9.17) is 0 Å². The molecule has 1 heterocycles. The van der Waals surface area contributed by atoms with Crippen molar-refractivity contribution >= 4 is 5.97 Å². The fourth-order valence-corrected chi connectivity index (χ4v) is 1.36. The van der Waals surface area contributed by atoms with Crippen LogP contribution < -0.4 is 5.32 Å². The molecule has 0 aromatic carbocycles. The number of esters is 1. The molecule has 1 aliphatic rings. The molecule has 1 unspecified atom stereocenters. The summed E-state index contributed by atoms with van der Waals surface area (Å²) in [6.07, 6.45) is -0.404. The molecule has 1 aliphatic heterocycles. The van der Waals surface area contributed by atoms with Crippen molar-refractivity contribution < 1.29 is 18.3 Å². The van der Waals surface area contributed by atoms with Crippen molar-refractivity contribution in [1.29, 1.82) is 0 Å². The van der Waals surface area contributed by atoms with Gasteiger partial charge in [0.05, 0.1) is 19.1 Å². The fourth-order valence-electron chi connectivity index (χ4n) is 1.36. The van der Waals surface area contributed by atoms with Crippen LogP contribution in [0.2, 0.25) is 0 Å². The van der Waals surface area contributed by atoms with Gasteiger partial charge in [0.25, 0.3) is 5.92 Å². The highest BCUT2D eigenvalue weighted by Gasteiger charge is 2.39. The molecular formula is C8H13F2NO2. The number of hydrogen-bond acceptors (Lipinski definition) is 3. The number of rotatable bonds is 2. The van der Waals surface area contributed by atoms with E-state index in [1.807, 2.05) is 0 Å². The minimum absolute atomic E-state index is 0.237. The molecule has 3 nitrogen and oxygen atoms in total. The summed E-state index contributed by atoms with van der Waals surface area (Å²) in [6, 6.07) is 0. The average Bonchev–Trinajstić information content (AvgIpc) is 2.03. The van der Waals surface area contributed by atoms with Gasteiger partial charge in [0.1, 0.15) is 0 Å². The van der Waals surface area contributed by atoms with E-state index in [9.17, 15) is 13.6 Å². The van der Waals surface area contributed by atoms with E-state index in [0.717, 1.165) is 0 Å². The Bertz CT molecular complexity index is 197. The van der Waals surface area contributed by atoms with Crippen LogP contribution in [0.4, 0.5) is 8.78 Å². The first-order valence-corrected chi connectivity index (χ1v) is 4.30. The molecule has 0 aromatic heterocycles. The molecular weight excluding hydrogens is 180 g/mol. The van der Waals surface area contributed by atoms with Gasteiger partial charge in [0.15, 0.2) is 0 Å². The predicted molar refractivity (Wildman–Crippen MR) is 42.6 cm³/mol. The Balaban J connectivity index is 2.47. The Morgan fingerprint density at radius 2 is 2.38 bits per heavy atom. The Hall–Kier alpha value is -0.710. The number of ether oxygens (including phenoxy) is 1. The van der Waals surface area contributed by atoms with Gasteiger partial charge < -0.3 is 10.1 Å². The van der Waals surface area contributed by atoms with Crippen molar-refractivity contribution in [3.05, 3.63) is 0 Å². The van der Waals surface area contributed by atoms with Gasteiger partial charge in [-0.3, -0.25) is 4.79 Å². The first-order valence-electron chi connectivity index (χ1n) is 4.30. The zero-order chi connectivity index (χ0) is 9.90. The molecule has 1 fully saturated rings. The second-order valence-electron chi connectivity index (χ2n) is 3.14. The van der Waals surface area contributed by atoms with Crippen LogP contribution in [0.1, 0.15) is 13.3 Å². The van der Waals surface area contributed by atoms with E-state index < -0.39 is 24.2 Å². The number of carbonyl (C=O) groups excluding carboxylic acids is 1. The van der Waals surface area contributed by atoms with Crippen molar-refractivity contribution in [3.8, 4) is 0 Å². The lowest BCUT2D eigenvalue weighted by atomic mass is 9.97. The number of hydrogen-bond donors (Lipinski definition) is 1. The van der Waals surface area contributed by atoms with Gasteiger partial charge in [-0.25, -0.2) is 8.78 Å². The number of piperidine rings is 1. The minimum Gasteiger partial charge on any atom is -0.466 e. The van der Waals surface area contributed by atoms with Crippen molar-refractivity contribution in [2.45, 2.75) is 19.3 Å². The molecule has 1 atom stereocenters. The Morgan fingerprint density at radius 3 is 2.92 bits per heavy atom. The second kappa shape index (κ2) is 4.00. The summed E-state index contributed by atoms with van der Waals surface area (Å²) in [6.45, 7) is 1.84. The van der Waals surface area contributed by atoms with Crippen molar-refractivity contribution in [2.24, 2.45) is 5.92 Å². The summed E-state index contributed by atoms with van der Waals surface area (Å²) in [5.74, 6) is -4.02. The van der Waals surface area contributed by atoms with Gasteiger partial charge in [-0.2, -0.15) is 0 Å². The summed E-state index contributed by atoms with van der Waals surface area (Å²) < 4.78 is 30.2. The quantitative estimate of drug-likeness (QED) is 0.659. The van der Waals surface area contributed by atoms with E-state index in [1.54, 1.807) is 6.92 Å². The van der Waals surface area contributed by atoms with Crippen LogP contribution in [0.3, 0.4) is 0 Å². The number of nitrogens with one attached hydrogen (secondary N) is 1. The van der Waals surface area contributed by atoms with Crippen LogP contribution in [-0.2, 0) is 9.53 Å². The molecule has 76 valence electrons. The third-order valence-corrected chi connectivity index (χ3v) is 1.94. The molecule has 0 bridgehead atoms. The zero-order valence-corrected chi connectivity index (χ0v) is 7.48. The summed E-state index contributed by atoms with van der Waals surface area (Å²) in [4.78, 5) is 11.1. The molecule has 0 spiro atoms. The van der Waals surface area contributed by atoms with Gasteiger partial charge in [0.2, 0.25) is 0 Å². The van der Waals surface area contributed by atoms with Crippen LogP contribution in [0.5, 0.6) is 0 Å². The van der Waals surface area contributed by atoms with E-state index in [2.05, 4.69) is 10.1 Å². The van der Waals surface area contributed by atoms with Crippen LogP contribution in [0, 0.1) is 5.92 Å². The van der Waals surface area contributed by atoms with Crippen LogP contribution in [0.15, 0.2) is 0 Å². The van der Waals surface area contributed by atoms with Gasteiger partial charge in [-0.05, 0) is 6.92 Å². The zero-order valence-electron chi connectivity index (χ0n) is 7.48. The van der Waals surface area contributed by atoms with Gasteiger partial charge >= 0.3 is 5.97 Å². The van der Waals surface area contributed by atoms with Crippen molar-refractivity contribution in [1.82, 2.24) is 5.32 Å². The van der Waals surface area contributed by atoms with Gasteiger partial charge in [-0.15, -0.1) is 0 Å². The number of halogens is 2. The highest BCUT2D eigenvalue weighted by atomic mass is 19.3. The highest BCUT2D eigenvalue weighted by molar-refractivity contribution is 5.72. The van der Waals surface area contributed by atoms with Crippen molar-refractivity contribution in [2.75, 3.05) is 19.7 Å². The Labute approximate surface area is 75.4 Å². The normalized spacial score (nSPS) is 26.8. The Kier molecular flexibility index (Phi) is 3.19. The van der Waals surface area contributed by atoms with Gasteiger partial charge in [-0.1, -0.05) is 0 Å². The largest absolute Gasteiger partial charge is 0.466 e. The van der Waals surface area contributed by atoms with Gasteiger partial charge in [0, 0.05) is 13.0 Å². The highest BCUT2D eigenvalue weighted by Crippen LogP contribution is 2.26. The van der Waals surface area contributed by atoms with Crippen LogP contribution >= 0.6 is 0 Å². The first-order chi connectivity index (χ1) is 6.05. The minimum atomic E-state index is -2.78. The second-order valence-corrected chi connectivity index (χ2v) is 3.14. The molecule has 5 heteroatoms. The molecule has 13 heavy (non-hydrogen) atoms. The molecule has 1 saturated heterocycles. The lowest BCUT2D eigenvalue weighted by Gasteiger charge is -2.28. The van der Waals surface area contributed by atoms with E-state index in [0.29, 0.717) is 0 Å². The molecule has 0 amide bonds. The fraction of sp³-hybridized carbons (Fsp3) is 0.875. The lowest BCUT2D eigenvalue weighted by molar-refractivity contribution is -0.153. The SMILES string of the molecule is CCOC(=O)C1CNCC(F)(F)C1. The van der Waals surface area contributed by atoms with E-state index in [1.165, 1.54) is 0 Å². The summed E-state index contributed by atoms with van der Waals surface area (Å²) in [5, 5.41) is 2.51. The smallest absolute Gasteiger partial charge is 0.310 e. The third-order valence-electron chi connectivity index (χ3n) is 1.94. The molecule has 1 rings (SSSR count). The number of carbonyl (C=O) groups is 1. The molecule has 0 saturated carbocycles. The van der Waals surface area contributed by atoms with E-state index >= 15 is 0 Å². The third kappa shape index (κ3) is 2.91. The van der Waals surface area contributed by atoms with Crippen molar-refractivity contribution in [3.63, 3.8) is 0 Å². The average molecular weight is 193 g/mol. The molecule has 0 radical (unpaired) electrons. The maximum atomic E-state index is 12.8. The molecule has 1 N–H and O–H groups in total. The summed E-state index contributed by atoms with van der Waals surface area (Å²) in [5.41, 5.74) is 0. The maximum Gasteiger partial charge on any atom is 0.310 e. The standard InChI is InChI=1S/C8H13F2NO2/c1-2-13-7(12)6-3-8(9,10)5-11-4-6/h6,11H,2-5H2,1H3. The predicted octanol–water partition coefficient (Wildman–Crippen LogP) is 0.794. The molecule has 0 aromatic rings. The van der Waals surface area contributed by atoms with E-state index in [-0.39, 0.29) is 19.7 Å². The summed E-state index contributed by atoms with van der Waals surface area (Å²) >= 11 is 0. The lowest BCUT2D eigenvalue weighted by Crippen LogP contribution is -2.46. The Morgan fingerprint density at radius 1 is 1.69 bits per heavy atom. The molecule has 0 aliphatic carbocycles. The van der Waals surface area contributed by atoms with Crippen LogP contribution in [-0.4, -0.2) is 31.6 Å². The maximum absolute atomic E-state index is 12.8.